The lowest BCUT2D eigenvalue weighted by atomic mass is 9.64. The second kappa shape index (κ2) is 26.8. The predicted molar refractivity (Wildman–Crippen MR) is 191 cm³/mol. The van der Waals surface area contributed by atoms with Crippen LogP contribution in [0.3, 0.4) is 0 Å². The second-order valence-electron chi connectivity index (χ2n) is 15.2. The molecule has 0 aromatic carbocycles. The number of unbranched alkanes of at least 4 members (excludes halogenated alkanes) is 18. The third kappa shape index (κ3) is 20.3. The minimum atomic E-state index is -0.675. The van der Waals surface area contributed by atoms with Crippen LogP contribution in [0.1, 0.15) is 206 Å². The number of esters is 1. The molecule has 2 rings (SSSR count). The summed E-state index contributed by atoms with van der Waals surface area (Å²) in [5.41, 5.74) is 0.496. The molecule has 2 aliphatic rings. The van der Waals surface area contributed by atoms with E-state index in [-0.39, 0.29) is 12.1 Å². The Morgan fingerprint density at radius 2 is 1.09 bits per heavy atom. The highest BCUT2D eigenvalue weighted by molar-refractivity contribution is 5.69. The third-order valence-corrected chi connectivity index (χ3v) is 10.6. The van der Waals surface area contributed by atoms with Crippen molar-refractivity contribution >= 4 is 11.9 Å². The van der Waals surface area contributed by atoms with Crippen molar-refractivity contribution in [2.24, 2.45) is 5.41 Å². The van der Waals surface area contributed by atoms with Crippen molar-refractivity contribution in [2.45, 2.75) is 225 Å². The highest BCUT2D eigenvalue weighted by Crippen LogP contribution is 2.47. The van der Waals surface area contributed by atoms with Crippen LogP contribution in [-0.2, 0) is 19.1 Å². The summed E-state index contributed by atoms with van der Waals surface area (Å²) in [6, 6.07) is 1.24. The van der Waals surface area contributed by atoms with Crippen molar-refractivity contribution in [1.82, 2.24) is 5.32 Å². The maximum Gasteiger partial charge on any atom is 0.306 e. The molecule has 6 nitrogen and oxygen atoms in total. The Morgan fingerprint density at radius 1 is 0.652 bits per heavy atom. The third-order valence-electron chi connectivity index (χ3n) is 10.6. The molecule has 0 amide bonds. The lowest BCUT2D eigenvalue weighted by molar-refractivity contribution is -0.168. The van der Waals surface area contributed by atoms with Gasteiger partial charge in [-0.1, -0.05) is 129 Å². The van der Waals surface area contributed by atoms with E-state index in [4.69, 9.17) is 14.6 Å². The van der Waals surface area contributed by atoms with Gasteiger partial charge in [0.2, 0.25) is 0 Å². The molecule has 2 fully saturated rings. The lowest BCUT2D eigenvalue weighted by Crippen LogP contribution is -2.60. The summed E-state index contributed by atoms with van der Waals surface area (Å²) in [5, 5.41) is 12.8. The summed E-state index contributed by atoms with van der Waals surface area (Å²) in [5.74, 6) is -0.644. The van der Waals surface area contributed by atoms with E-state index in [9.17, 15) is 9.59 Å². The van der Waals surface area contributed by atoms with E-state index in [0.29, 0.717) is 30.3 Å². The Bertz CT molecular complexity index is 730. The van der Waals surface area contributed by atoms with Crippen molar-refractivity contribution in [3.05, 3.63) is 0 Å². The molecule has 1 saturated heterocycles. The van der Waals surface area contributed by atoms with Crippen molar-refractivity contribution < 1.29 is 24.2 Å². The van der Waals surface area contributed by atoms with Gasteiger partial charge in [-0.3, -0.25) is 9.59 Å². The first kappa shape index (κ1) is 41.0. The quantitative estimate of drug-likeness (QED) is 0.0543. The zero-order valence-corrected chi connectivity index (χ0v) is 30.4. The van der Waals surface area contributed by atoms with Crippen molar-refractivity contribution in [2.75, 3.05) is 13.2 Å². The Hall–Kier alpha value is -1.14. The minimum absolute atomic E-state index is 0.0318. The van der Waals surface area contributed by atoms with E-state index in [1.165, 1.54) is 135 Å². The standard InChI is InChI=1S/C40H75NO5/c1-3-5-7-9-15-21-27-37(28-22-16-10-8-6-4-2)46-39(44)30-24-18-12-14-20-26-35(25-19-13-11-17-23-29-38(42)43)41-36-31-40(32-36)33-45-34-40/h35-37,41H,3-34H2,1-2H3,(H,42,43). The predicted octanol–water partition coefficient (Wildman–Crippen LogP) is 11.1. The Labute approximate surface area is 284 Å². The average molecular weight is 650 g/mol. The molecule has 0 aromatic heterocycles. The highest BCUT2D eigenvalue weighted by atomic mass is 16.5. The van der Waals surface area contributed by atoms with Crippen LogP contribution in [-0.4, -0.2) is 48.4 Å². The van der Waals surface area contributed by atoms with Crippen molar-refractivity contribution in [3.8, 4) is 0 Å². The Kier molecular flexibility index (Phi) is 23.9. The molecule has 0 bridgehead atoms. The SMILES string of the molecule is CCCCCCCCC(CCCCCCCC)OC(=O)CCCCCCCC(CCCCCCCC(=O)O)NC1CC2(COC2)C1. The summed E-state index contributed by atoms with van der Waals surface area (Å²) in [7, 11) is 0. The number of hydrogen-bond donors (Lipinski definition) is 2. The maximum atomic E-state index is 12.7. The van der Waals surface area contributed by atoms with Crippen LogP contribution in [0.2, 0.25) is 0 Å². The number of ether oxygens (including phenoxy) is 2. The van der Waals surface area contributed by atoms with Crippen molar-refractivity contribution in [3.63, 3.8) is 0 Å². The van der Waals surface area contributed by atoms with Crippen LogP contribution >= 0.6 is 0 Å². The van der Waals surface area contributed by atoms with E-state index in [1.807, 2.05) is 0 Å². The van der Waals surface area contributed by atoms with Gasteiger partial charge >= 0.3 is 11.9 Å². The second-order valence-corrected chi connectivity index (χ2v) is 15.2. The molecule has 1 unspecified atom stereocenters. The fourth-order valence-corrected chi connectivity index (χ4v) is 7.57. The summed E-state index contributed by atoms with van der Waals surface area (Å²) in [6.07, 6.45) is 34.7. The van der Waals surface area contributed by atoms with Gasteiger partial charge in [0.05, 0.1) is 13.2 Å². The van der Waals surface area contributed by atoms with Gasteiger partial charge in [-0.2, -0.15) is 0 Å². The normalized spacial score (nSPS) is 16.4. The molecule has 2 N–H and O–H groups in total. The molecular formula is C40H75NO5. The van der Waals surface area contributed by atoms with Gasteiger partial charge in [0.1, 0.15) is 6.10 Å². The highest BCUT2D eigenvalue weighted by Gasteiger charge is 2.49. The van der Waals surface area contributed by atoms with E-state index < -0.39 is 5.97 Å². The van der Waals surface area contributed by atoms with Crippen LogP contribution in [0.25, 0.3) is 0 Å². The first-order valence-corrected chi connectivity index (χ1v) is 20.2. The zero-order valence-electron chi connectivity index (χ0n) is 30.4. The zero-order chi connectivity index (χ0) is 33.1. The number of rotatable bonds is 33. The first-order valence-electron chi connectivity index (χ1n) is 20.2. The number of hydrogen-bond acceptors (Lipinski definition) is 5. The lowest BCUT2D eigenvalue weighted by Gasteiger charge is -2.54. The van der Waals surface area contributed by atoms with Gasteiger partial charge in [-0.15, -0.1) is 0 Å². The monoisotopic (exact) mass is 650 g/mol. The number of nitrogens with one attached hydrogen (secondary N) is 1. The van der Waals surface area contributed by atoms with Gasteiger partial charge in [-0.05, 0) is 64.2 Å². The van der Waals surface area contributed by atoms with Crippen LogP contribution < -0.4 is 5.32 Å². The molecule has 1 saturated carbocycles. The maximum absolute atomic E-state index is 12.7. The number of carboxylic acids is 1. The van der Waals surface area contributed by atoms with E-state index >= 15 is 0 Å². The van der Waals surface area contributed by atoms with Gasteiger partial charge in [-0.25, -0.2) is 0 Å². The largest absolute Gasteiger partial charge is 0.481 e. The molecule has 46 heavy (non-hydrogen) atoms. The number of carboxylic acid groups (broad SMARTS) is 1. The van der Waals surface area contributed by atoms with Gasteiger partial charge < -0.3 is 19.9 Å². The molecule has 1 atom stereocenters. The van der Waals surface area contributed by atoms with Crippen LogP contribution in [0.5, 0.6) is 0 Å². The fraction of sp³-hybridized carbons (Fsp3) is 0.950. The van der Waals surface area contributed by atoms with E-state index in [2.05, 4.69) is 19.2 Å². The molecule has 1 aliphatic carbocycles. The number of aliphatic carboxylic acids is 1. The topological polar surface area (TPSA) is 84.9 Å². The fourth-order valence-electron chi connectivity index (χ4n) is 7.57. The minimum Gasteiger partial charge on any atom is -0.481 e. The van der Waals surface area contributed by atoms with Crippen LogP contribution in [0, 0.1) is 5.41 Å². The molecular weight excluding hydrogens is 574 g/mol. The molecule has 270 valence electrons. The van der Waals surface area contributed by atoms with E-state index in [0.717, 1.165) is 58.2 Å². The smallest absolute Gasteiger partial charge is 0.306 e. The molecule has 0 aromatic rings. The molecule has 1 aliphatic heterocycles. The summed E-state index contributed by atoms with van der Waals surface area (Å²) in [6.45, 7) is 6.44. The van der Waals surface area contributed by atoms with Gasteiger partial charge in [0.25, 0.3) is 0 Å². The molecule has 6 heteroatoms. The van der Waals surface area contributed by atoms with Crippen LogP contribution in [0.15, 0.2) is 0 Å². The molecule has 1 heterocycles. The first-order chi connectivity index (χ1) is 22.5. The van der Waals surface area contributed by atoms with Crippen molar-refractivity contribution in [1.29, 1.82) is 0 Å². The number of carbonyl (C=O) groups is 2. The summed E-state index contributed by atoms with van der Waals surface area (Å²) < 4.78 is 11.5. The average Bonchev–Trinajstić information content (AvgIpc) is 2.99. The van der Waals surface area contributed by atoms with Gasteiger partial charge in [0, 0.05) is 30.3 Å². The Morgan fingerprint density at radius 3 is 1.54 bits per heavy atom. The summed E-state index contributed by atoms with van der Waals surface area (Å²) >= 11 is 0. The molecule has 0 radical (unpaired) electrons. The molecule has 1 spiro atoms. The van der Waals surface area contributed by atoms with Crippen LogP contribution in [0.4, 0.5) is 0 Å². The van der Waals surface area contributed by atoms with E-state index in [1.54, 1.807) is 0 Å². The Balaban J connectivity index is 1.58. The van der Waals surface area contributed by atoms with Gasteiger partial charge in [0.15, 0.2) is 0 Å². The number of carbonyl (C=O) groups excluding carboxylic acids is 1. The summed E-state index contributed by atoms with van der Waals surface area (Å²) in [4.78, 5) is 23.5.